The van der Waals surface area contributed by atoms with E-state index in [1.54, 1.807) is 4.90 Å². The second kappa shape index (κ2) is 7.66. The summed E-state index contributed by atoms with van der Waals surface area (Å²) >= 11 is 0. The molecule has 1 aliphatic rings. The molecule has 1 aromatic heterocycles. The molecule has 0 aliphatic carbocycles. The average Bonchev–Trinajstić information content (AvgIpc) is 3.12. The molecule has 0 saturated carbocycles. The smallest absolute Gasteiger partial charge is 0.240 e. The maximum absolute atomic E-state index is 12.7. The minimum Gasteiger partial charge on any atom is -0.459 e. The lowest BCUT2D eigenvalue weighted by atomic mass is 10.0. The molecular weight excluding hydrogens is 340 g/mol. The lowest BCUT2D eigenvalue weighted by Crippen LogP contribution is -2.43. The summed E-state index contributed by atoms with van der Waals surface area (Å²) in [7, 11) is 0. The van der Waals surface area contributed by atoms with E-state index in [0.717, 1.165) is 29.4 Å². The van der Waals surface area contributed by atoms with E-state index in [9.17, 15) is 9.59 Å². The standard InChI is InChI=1S/C22H22N2O3/c25-20(15-24-13-7-6-12-21(24)26)23-22(16-8-2-1-3-9-16)19-14-17-10-4-5-11-18(17)27-19/h1-5,8-11,14,22H,6-7,12-13,15H2,(H,23,25). The van der Waals surface area contributed by atoms with Gasteiger partial charge in [0.15, 0.2) is 0 Å². The number of benzene rings is 2. The molecule has 138 valence electrons. The number of carbonyl (C=O) groups excluding carboxylic acids is 2. The number of rotatable bonds is 5. The van der Waals surface area contributed by atoms with Gasteiger partial charge in [-0.25, -0.2) is 0 Å². The normalized spacial score (nSPS) is 15.7. The van der Waals surface area contributed by atoms with Crippen molar-refractivity contribution in [2.45, 2.75) is 25.3 Å². The van der Waals surface area contributed by atoms with Crippen molar-refractivity contribution in [3.8, 4) is 0 Å². The molecule has 1 saturated heterocycles. The Balaban J connectivity index is 1.58. The zero-order chi connectivity index (χ0) is 18.6. The fourth-order valence-corrected chi connectivity index (χ4v) is 3.52. The number of furan rings is 1. The Hall–Kier alpha value is -3.08. The van der Waals surface area contributed by atoms with Crippen molar-refractivity contribution in [2.24, 2.45) is 0 Å². The predicted molar refractivity (Wildman–Crippen MR) is 103 cm³/mol. The summed E-state index contributed by atoms with van der Waals surface area (Å²) < 4.78 is 6.00. The maximum Gasteiger partial charge on any atom is 0.240 e. The fourth-order valence-electron chi connectivity index (χ4n) is 3.52. The summed E-state index contributed by atoms with van der Waals surface area (Å²) in [4.78, 5) is 26.3. The Kier molecular flexibility index (Phi) is 4.92. The Labute approximate surface area is 158 Å². The molecule has 3 aromatic rings. The van der Waals surface area contributed by atoms with E-state index in [-0.39, 0.29) is 18.4 Å². The van der Waals surface area contributed by atoms with Crippen LogP contribution < -0.4 is 5.32 Å². The lowest BCUT2D eigenvalue weighted by Gasteiger charge is -2.27. The summed E-state index contributed by atoms with van der Waals surface area (Å²) in [6.45, 7) is 0.731. The SMILES string of the molecule is O=C(CN1CCCCC1=O)NC(c1ccccc1)c1cc2ccccc2o1. The summed E-state index contributed by atoms with van der Waals surface area (Å²) in [5.74, 6) is 0.552. The molecule has 5 heteroatoms. The van der Waals surface area contributed by atoms with Gasteiger partial charge in [-0.15, -0.1) is 0 Å². The van der Waals surface area contributed by atoms with Crippen LogP contribution in [0, 0.1) is 0 Å². The Morgan fingerprint density at radius 1 is 1.07 bits per heavy atom. The average molecular weight is 362 g/mol. The molecule has 27 heavy (non-hydrogen) atoms. The minimum absolute atomic E-state index is 0.0522. The van der Waals surface area contributed by atoms with E-state index in [0.29, 0.717) is 18.7 Å². The van der Waals surface area contributed by atoms with Gasteiger partial charge >= 0.3 is 0 Å². The van der Waals surface area contributed by atoms with Crippen LogP contribution in [-0.4, -0.2) is 29.8 Å². The zero-order valence-electron chi connectivity index (χ0n) is 15.1. The van der Waals surface area contributed by atoms with Crippen LogP contribution >= 0.6 is 0 Å². The molecule has 2 aromatic carbocycles. The zero-order valence-corrected chi connectivity index (χ0v) is 15.1. The third-order valence-electron chi connectivity index (χ3n) is 4.92. The van der Waals surface area contributed by atoms with Gasteiger partial charge in [-0.05, 0) is 30.5 Å². The van der Waals surface area contributed by atoms with Crippen LogP contribution in [0.25, 0.3) is 11.0 Å². The van der Waals surface area contributed by atoms with Crippen LogP contribution in [0.3, 0.4) is 0 Å². The minimum atomic E-state index is -0.397. The van der Waals surface area contributed by atoms with Crippen molar-refractivity contribution >= 4 is 22.8 Å². The van der Waals surface area contributed by atoms with Crippen molar-refractivity contribution < 1.29 is 14.0 Å². The highest BCUT2D eigenvalue weighted by molar-refractivity contribution is 5.86. The topological polar surface area (TPSA) is 62.6 Å². The monoisotopic (exact) mass is 362 g/mol. The second-order valence-electron chi connectivity index (χ2n) is 6.87. The summed E-state index contributed by atoms with van der Waals surface area (Å²) in [6.07, 6.45) is 2.38. The molecule has 0 bridgehead atoms. The van der Waals surface area contributed by atoms with Gasteiger partial charge in [0.2, 0.25) is 11.8 Å². The number of piperidine rings is 1. The third-order valence-corrected chi connectivity index (χ3v) is 4.92. The van der Waals surface area contributed by atoms with Crippen molar-refractivity contribution in [3.63, 3.8) is 0 Å². The number of fused-ring (bicyclic) bond motifs is 1. The number of hydrogen-bond donors (Lipinski definition) is 1. The summed E-state index contributed by atoms with van der Waals surface area (Å²) in [5.41, 5.74) is 1.73. The number of para-hydroxylation sites is 1. The Morgan fingerprint density at radius 2 is 1.85 bits per heavy atom. The van der Waals surface area contributed by atoms with Gasteiger partial charge in [0.1, 0.15) is 17.4 Å². The first-order valence-corrected chi connectivity index (χ1v) is 9.31. The van der Waals surface area contributed by atoms with Gasteiger partial charge < -0.3 is 14.6 Å². The number of carbonyl (C=O) groups is 2. The Morgan fingerprint density at radius 3 is 2.63 bits per heavy atom. The number of nitrogens with one attached hydrogen (secondary N) is 1. The van der Waals surface area contributed by atoms with Crippen LogP contribution in [0.15, 0.2) is 65.1 Å². The molecule has 1 N–H and O–H groups in total. The van der Waals surface area contributed by atoms with Gasteiger partial charge in [0, 0.05) is 18.4 Å². The van der Waals surface area contributed by atoms with Crippen molar-refractivity contribution in [1.29, 1.82) is 0 Å². The van der Waals surface area contributed by atoms with Crippen molar-refractivity contribution in [1.82, 2.24) is 10.2 Å². The predicted octanol–water partition coefficient (Wildman–Crippen LogP) is 3.65. The highest BCUT2D eigenvalue weighted by Gasteiger charge is 2.24. The van der Waals surface area contributed by atoms with Gasteiger partial charge in [-0.1, -0.05) is 48.5 Å². The first-order valence-electron chi connectivity index (χ1n) is 9.31. The first kappa shape index (κ1) is 17.3. The fraction of sp³-hybridized carbons (Fsp3) is 0.273. The van der Waals surface area contributed by atoms with E-state index in [1.807, 2.05) is 60.7 Å². The number of hydrogen-bond acceptors (Lipinski definition) is 3. The van der Waals surface area contributed by atoms with Gasteiger partial charge in [-0.2, -0.15) is 0 Å². The van der Waals surface area contributed by atoms with Crippen LogP contribution in [0.5, 0.6) is 0 Å². The van der Waals surface area contributed by atoms with Crippen LogP contribution in [-0.2, 0) is 9.59 Å². The van der Waals surface area contributed by atoms with E-state index in [1.165, 1.54) is 0 Å². The van der Waals surface area contributed by atoms with Gasteiger partial charge in [-0.3, -0.25) is 9.59 Å². The van der Waals surface area contributed by atoms with Crippen LogP contribution in [0.1, 0.15) is 36.6 Å². The van der Waals surface area contributed by atoms with E-state index >= 15 is 0 Å². The Bertz CT molecular complexity index is 915. The molecular formula is C22H22N2O3. The van der Waals surface area contributed by atoms with Gasteiger partial charge in [0.25, 0.3) is 0 Å². The molecule has 2 amide bonds. The van der Waals surface area contributed by atoms with Gasteiger partial charge in [0.05, 0.1) is 6.54 Å². The molecule has 0 spiro atoms. The summed E-state index contributed by atoms with van der Waals surface area (Å²) in [5, 5.41) is 4.05. The van der Waals surface area contributed by atoms with Crippen molar-refractivity contribution in [2.75, 3.05) is 13.1 Å². The number of nitrogens with zero attached hydrogens (tertiary/aromatic N) is 1. The molecule has 0 radical (unpaired) electrons. The molecule has 1 aliphatic heterocycles. The second-order valence-corrected chi connectivity index (χ2v) is 6.87. The highest BCUT2D eigenvalue weighted by Crippen LogP contribution is 2.28. The molecule has 1 atom stereocenters. The maximum atomic E-state index is 12.7. The van der Waals surface area contributed by atoms with E-state index < -0.39 is 6.04 Å². The highest BCUT2D eigenvalue weighted by atomic mass is 16.3. The summed E-state index contributed by atoms with van der Waals surface area (Å²) in [6, 6.07) is 19.1. The van der Waals surface area contributed by atoms with Crippen LogP contribution in [0.4, 0.5) is 0 Å². The van der Waals surface area contributed by atoms with Crippen molar-refractivity contribution in [3.05, 3.63) is 72.0 Å². The molecule has 1 unspecified atom stereocenters. The largest absolute Gasteiger partial charge is 0.459 e. The van der Waals surface area contributed by atoms with Crippen LogP contribution in [0.2, 0.25) is 0 Å². The molecule has 4 rings (SSSR count). The lowest BCUT2D eigenvalue weighted by molar-refractivity contribution is -0.138. The number of amides is 2. The first-order chi connectivity index (χ1) is 13.2. The number of likely N-dealkylation sites (tertiary alicyclic amines) is 1. The molecule has 2 heterocycles. The molecule has 5 nitrogen and oxygen atoms in total. The quantitative estimate of drug-likeness (QED) is 0.754. The third kappa shape index (κ3) is 3.87. The molecule has 1 fully saturated rings. The van der Waals surface area contributed by atoms with E-state index in [2.05, 4.69) is 5.32 Å². The van der Waals surface area contributed by atoms with E-state index in [4.69, 9.17) is 4.42 Å².